The van der Waals surface area contributed by atoms with Crippen molar-refractivity contribution in [3.05, 3.63) is 27.2 Å². The third-order valence-electron chi connectivity index (χ3n) is 3.09. The molecule has 1 amide bonds. The number of amides is 1. The Bertz CT molecular complexity index is 564. The maximum absolute atomic E-state index is 12.0. The Balaban J connectivity index is 2.06. The minimum Gasteiger partial charge on any atom is -0.479 e. The number of ether oxygens (including phenoxy) is 1. The monoisotopic (exact) mass is 361 g/mol. The van der Waals surface area contributed by atoms with Gasteiger partial charge in [-0.25, -0.2) is 4.79 Å². The molecule has 1 heterocycles. The Morgan fingerprint density at radius 1 is 1.40 bits per heavy atom. The molecule has 5 nitrogen and oxygen atoms in total. The van der Waals surface area contributed by atoms with Gasteiger partial charge in [0.25, 0.3) is 5.91 Å². The number of anilines is 1. The Morgan fingerprint density at radius 3 is 2.65 bits per heavy atom. The zero-order valence-electron chi connectivity index (χ0n) is 10.7. The highest BCUT2D eigenvalue weighted by Crippen LogP contribution is 2.30. The summed E-state index contributed by atoms with van der Waals surface area (Å²) in [6.07, 6.45) is -0.928. The lowest BCUT2D eigenvalue weighted by Gasteiger charge is -2.13. The van der Waals surface area contributed by atoms with E-state index in [9.17, 15) is 9.59 Å². The number of carbonyl (C=O) groups excluding carboxylic acids is 1. The maximum atomic E-state index is 12.0. The topological polar surface area (TPSA) is 75.6 Å². The molecule has 0 spiro atoms. The van der Waals surface area contributed by atoms with Gasteiger partial charge in [-0.2, -0.15) is 0 Å². The summed E-state index contributed by atoms with van der Waals surface area (Å²) in [5.41, 5.74) is 1.42. The van der Waals surface area contributed by atoms with Gasteiger partial charge in [-0.3, -0.25) is 4.79 Å². The van der Waals surface area contributed by atoms with E-state index in [1.807, 2.05) is 6.92 Å². The standard InChI is InChI=1S/C13H13BrClNO4/c1-6-4-7(14)9(5-8(6)15)16-12(17)10-2-3-11(20-10)13(18)19/h4-5,10-11H,2-3H2,1H3,(H,16,17)(H,18,19)/t10-,11+/m0/s1. The Hall–Kier alpha value is -1.11. The first-order chi connectivity index (χ1) is 9.38. The smallest absolute Gasteiger partial charge is 0.332 e. The van der Waals surface area contributed by atoms with Crippen LogP contribution < -0.4 is 5.32 Å². The molecule has 2 N–H and O–H groups in total. The number of hydrogen-bond acceptors (Lipinski definition) is 3. The molecule has 2 atom stereocenters. The van der Waals surface area contributed by atoms with Crippen LogP contribution in [-0.4, -0.2) is 29.2 Å². The molecule has 1 aliphatic rings. The average Bonchev–Trinajstić information content (AvgIpc) is 2.85. The fourth-order valence-electron chi connectivity index (χ4n) is 1.97. The first-order valence-corrected chi connectivity index (χ1v) is 7.20. The molecule has 0 aliphatic carbocycles. The Morgan fingerprint density at radius 2 is 2.05 bits per heavy atom. The molecule has 20 heavy (non-hydrogen) atoms. The van der Waals surface area contributed by atoms with E-state index in [0.717, 1.165) is 5.56 Å². The first kappa shape index (κ1) is 15.3. The van der Waals surface area contributed by atoms with Gasteiger partial charge in [-0.05, 0) is 53.4 Å². The number of carboxylic acids is 1. The summed E-state index contributed by atoms with van der Waals surface area (Å²) >= 11 is 9.36. The molecule has 0 radical (unpaired) electrons. The number of aryl methyl sites for hydroxylation is 1. The van der Waals surface area contributed by atoms with Gasteiger partial charge in [-0.1, -0.05) is 11.6 Å². The quantitative estimate of drug-likeness (QED) is 0.867. The van der Waals surface area contributed by atoms with Crippen molar-refractivity contribution < 1.29 is 19.4 Å². The normalized spacial score (nSPS) is 21.8. The second-order valence-electron chi connectivity index (χ2n) is 4.60. The highest BCUT2D eigenvalue weighted by atomic mass is 79.9. The molecule has 1 aliphatic heterocycles. The molecule has 1 saturated heterocycles. The highest BCUT2D eigenvalue weighted by molar-refractivity contribution is 9.10. The molecule has 0 saturated carbocycles. The van der Waals surface area contributed by atoms with Crippen LogP contribution in [0.5, 0.6) is 0 Å². The lowest BCUT2D eigenvalue weighted by Crippen LogP contribution is -2.30. The zero-order valence-corrected chi connectivity index (χ0v) is 13.0. The van der Waals surface area contributed by atoms with Crippen molar-refractivity contribution in [2.24, 2.45) is 0 Å². The maximum Gasteiger partial charge on any atom is 0.332 e. The molecule has 0 unspecified atom stereocenters. The predicted octanol–water partition coefficient (Wildman–Crippen LogP) is 2.98. The van der Waals surface area contributed by atoms with Gasteiger partial charge < -0.3 is 15.2 Å². The van der Waals surface area contributed by atoms with Gasteiger partial charge in [0.05, 0.1) is 5.69 Å². The Labute approximate surface area is 129 Å². The van der Waals surface area contributed by atoms with E-state index in [4.69, 9.17) is 21.4 Å². The lowest BCUT2D eigenvalue weighted by molar-refractivity contribution is -0.150. The summed E-state index contributed by atoms with van der Waals surface area (Å²) in [5.74, 6) is -1.41. The van der Waals surface area contributed by atoms with Crippen molar-refractivity contribution in [2.75, 3.05) is 5.32 Å². The van der Waals surface area contributed by atoms with Crippen LogP contribution >= 0.6 is 27.5 Å². The summed E-state index contributed by atoms with van der Waals surface area (Å²) in [6, 6.07) is 3.44. The van der Waals surface area contributed by atoms with Gasteiger partial charge in [0.2, 0.25) is 0 Å². The third-order valence-corrected chi connectivity index (χ3v) is 4.16. The number of aliphatic carboxylic acids is 1. The van der Waals surface area contributed by atoms with E-state index >= 15 is 0 Å². The number of nitrogens with one attached hydrogen (secondary N) is 1. The molecule has 0 aromatic heterocycles. The lowest BCUT2D eigenvalue weighted by atomic mass is 10.2. The molecule has 1 aromatic carbocycles. The molecular weight excluding hydrogens is 350 g/mol. The van der Waals surface area contributed by atoms with Crippen LogP contribution in [0.15, 0.2) is 16.6 Å². The SMILES string of the molecule is Cc1cc(Br)c(NC(=O)[C@@H]2CC[C@H](C(=O)O)O2)cc1Cl. The Kier molecular flexibility index (Phi) is 4.67. The van der Waals surface area contributed by atoms with E-state index < -0.39 is 18.2 Å². The van der Waals surface area contributed by atoms with Gasteiger partial charge in [0, 0.05) is 9.50 Å². The molecule has 108 valence electrons. The van der Waals surface area contributed by atoms with E-state index in [1.165, 1.54) is 0 Å². The van der Waals surface area contributed by atoms with Gasteiger partial charge in [-0.15, -0.1) is 0 Å². The molecule has 7 heteroatoms. The largest absolute Gasteiger partial charge is 0.479 e. The summed E-state index contributed by atoms with van der Waals surface area (Å²) in [7, 11) is 0. The van der Waals surface area contributed by atoms with Crippen molar-refractivity contribution in [3.8, 4) is 0 Å². The van der Waals surface area contributed by atoms with Gasteiger partial charge in [0.1, 0.15) is 6.10 Å². The summed E-state index contributed by atoms with van der Waals surface area (Å²) in [6.45, 7) is 1.86. The predicted molar refractivity (Wildman–Crippen MR) is 78.0 cm³/mol. The molecular formula is C13H13BrClNO4. The second-order valence-corrected chi connectivity index (χ2v) is 5.86. The van der Waals surface area contributed by atoms with Gasteiger partial charge >= 0.3 is 5.97 Å². The molecule has 0 bridgehead atoms. The molecule has 2 rings (SSSR count). The fourth-order valence-corrected chi connectivity index (χ4v) is 2.69. The fraction of sp³-hybridized carbons (Fsp3) is 0.385. The highest BCUT2D eigenvalue weighted by Gasteiger charge is 2.34. The summed E-state index contributed by atoms with van der Waals surface area (Å²) < 4.78 is 5.90. The van der Waals surface area contributed by atoms with E-state index in [2.05, 4.69) is 21.2 Å². The molecule has 1 aromatic rings. The van der Waals surface area contributed by atoms with Crippen molar-refractivity contribution in [1.82, 2.24) is 0 Å². The van der Waals surface area contributed by atoms with E-state index in [-0.39, 0.29) is 5.91 Å². The minimum absolute atomic E-state index is 0.337. The third kappa shape index (κ3) is 3.31. The number of halogens is 2. The van der Waals surface area contributed by atoms with Crippen LogP contribution in [0, 0.1) is 6.92 Å². The van der Waals surface area contributed by atoms with Crippen LogP contribution in [0.3, 0.4) is 0 Å². The van der Waals surface area contributed by atoms with Crippen molar-refractivity contribution in [1.29, 1.82) is 0 Å². The van der Waals surface area contributed by atoms with Crippen molar-refractivity contribution >= 4 is 45.1 Å². The van der Waals surface area contributed by atoms with E-state index in [1.54, 1.807) is 12.1 Å². The number of carboxylic acid groups (broad SMARTS) is 1. The van der Waals surface area contributed by atoms with Crippen LogP contribution in [0.1, 0.15) is 18.4 Å². The van der Waals surface area contributed by atoms with Crippen LogP contribution in [-0.2, 0) is 14.3 Å². The van der Waals surface area contributed by atoms with Gasteiger partial charge in [0.15, 0.2) is 6.10 Å². The van der Waals surface area contributed by atoms with Crippen LogP contribution in [0.25, 0.3) is 0 Å². The first-order valence-electron chi connectivity index (χ1n) is 6.03. The van der Waals surface area contributed by atoms with Crippen molar-refractivity contribution in [3.63, 3.8) is 0 Å². The number of rotatable bonds is 3. The van der Waals surface area contributed by atoms with Crippen LogP contribution in [0.4, 0.5) is 5.69 Å². The summed E-state index contributed by atoms with van der Waals surface area (Å²) in [5, 5.41) is 12.1. The summed E-state index contributed by atoms with van der Waals surface area (Å²) in [4.78, 5) is 22.8. The van der Waals surface area contributed by atoms with Crippen molar-refractivity contribution in [2.45, 2.75) is 32.0 Å². The molecule has 1 fully saturated rings. The number of benzene rings is 1. The minimum atomic E-state index is -1.04. The van der Waals surface area contributed by atoms with Crippen LogP contribution in [0.2, 0.25) is 5.02 Å². The van der Waals surface area contributed by atoms with E-state index in [0.29, 0.717) is 28.0 Å². The zero-order chi connectivity index (χ0) is 14.9. The average molecular weight is 363 g/mol. The second kappa shape index (κ2) is 6.11. The number of hydrogen-bond donors (Lipinski definition) is 2. The number of carbonyl (C=O) groups is 2.